The van der Waals surface area contributed by atoms with Crippen molar-refractivity contribution in [2.45, 2.75) is 20.0 Å². The Kier molecular flexibility index (Phi) is 2.13. The van der Waals surface area contributed by atoms with Gasteiger partial charge in [-0.3, -0.25) is 0 Å². The maximum absolute atomic E-state index is 9.24. The summed E-state index contributed by atoms with van der Waals surface area (Å²) in [4.78, 5) is 4.08. The molecular formula is C10H11NO3. The lowest BCUT2D eigenvalue weighted by atomic mass is 10.3. The van der Waals surface area contributed by atoms with Gasteiger partial charge >= 0.3 is 0 Å². The van der Waals surface area contributed by atoms with Gasteiger partial charge in [0.25, 0.3) is 5.89 Å². The van der Waals surface area contributed by atoms with Crippen molar-refractivity contribution in [3.05, 3.63) is 29.9 Å². The van der Waals surface area contributed by atoms with Gasteiger partial charge in [0.2, 0.25) is 0 Å². The summed E-state index contributed by atoms with van der Waals surface area (Å²) in [5.74, 6) is 1.78. The van der Waals surface area contributed by atoms with Crippen molar-refractivity contribution >= 4 is 0 Å². The zero-order chi connectivity index (χ0) is 10.1. The molecule has 0 radical (unpaired) electrons. The predicted octanol–water partition coefficient (Wildman–Crippen LogP) is 2.30. The summed E-state index contributed by atoms with van der Waals surface area (Å²) in [6.07, 6.45) is 0.807. The summed E-state index contributed by atoms with van der Waals surface area (Å²) in [5, 5.41) is 9.24. The molecule has 0 aliphatic carbocycles. The second-order valence-corrected chi connectivity index (χ2v) is 3.16. The van der Waals surface area contributed by atoms with Gasteiger partial charge in [-0.25, -0.2) is 4.98 Å². The van der Waals surface area contributed by atoms with Crippen LogP contribution in [0.2, 0.25) is 0 Å². The number of oxazole rings is 1. The highest BCUT2D eigenvalue weighted by atomic mass is 16.4. The van der Waals surface area contributed by atoms with E-state index in [1.165, 1.54) is 6.26 Å². The zero-order valence-corrected chi connectivity index (χ0v) is 8.02. The first-order valence-corrected chi connectivity index (χ1v) is 4.37. The van der Waals surface area contributed by atoms with Crippen molar-refractivity contribution in [3.63, 3.8) is 0 Å². The van der Waals surface area contributed by atoms with E-state index in [0.29, 0.717) is 17.3 Å². The van der Waals surface area contributed by atoms with Gasteiger partial charge in [0.15, 0.2) is 5.76 Å². The maximum atomic E-state index is 9.24. The van der Waals surface area contributed by atoms with Gasteiger partial charge in [0.1, 0.15) is 17.7 Å². The molecule has 0 saturated heterocycles. The molecule has 0 aliphatic heterocycles. The number of aryl methyl sites for hydroxylation is 1. The van der Waals surface area contributed by atoms with E-state index >= 15 is 0 Å². The standard InChI is InChI=1S/C10H11NO3/c1-6-3-4-9(14-6)10-11-8(5-13-10)7(2)12/h3-5,7,12H,1-2H3. The average Bonchev–Trinajstić information content (AvgIpc) is 2.70. The number of aliphatic hydroxyl groups excluding tert-OH is 1. The molecule has 4 nitrogen and oxygen atoms in total. The van der Waals surface area contributed by atoms with Gasteiger partial charge in [-0.15, -0.1) is 0 Å². The normalized spacial score (nSPS) is 13.1. The van der Waals surface area contributed by atoms with E-state index in [2.05, 4.69) is 4.98 Å². The largest absolute Gasteiger partial charge is 0.456 e. The Morgan fingerprint density at radius 2 is 2.21 bits per heavy atom. The molecule has 14 heavy (non-hydrogen) atoms. The summed E-state index contributed by atoms with van der Waals surface area (Å²) in [6, 6.07) is 3.62. The van der Waals surface area contributed by atoms with Gasteiger partial charge in [0.05, 0.1) is 6.10 Å². The van der Waals surface area contributed by atoms with Crippen LogP contribution in [0, 0.1) is 6.92 Å². The van der Waals surface area contributed by atoms with Crippen molar-refractivity contribution in [1.29, 1.82) is 0 Å². The summed E-state index contributed by atoms with van der Waals surface area (Å²) < 4.78 is 10.5. The minimum absolute atomic E-state index is 0.397. The van der Waals surface area contributed by atoms with Crippen molar-refractivity contribution in [2.75, 3.05) is 0 Å². The third kappa shape index (κ3) is 1.56. The van der Waals surface area contributed by atoms with Crippen molar-refractivity contribution in [3.8, 4) is 11.7 Å². The Morgan fingerprint density at radius 1 is 1.43 bits per heavy atom. The quantitative estimate of drug-likeness (QED) is 0.794. The molecule has 0 saturated carbocycles. The highest BCUT2D eigenvalue weighted by molar-refractivity contribution is 5.44. The SMILES string of the molecule is Cc1ccc(-c2nc(C(C)O)co2)o1. The first-order chi connectivity index (χ1) is 6.66. The number of hydrogen-bond acceptors (Lipinski definition) is 4. The van der Waals surface area contributed by atoms with E-state index in [1.807, 2.05) is 13.0 Å². The first kappa shape index (κ1) is 9.02. The van der Waals surface area contributed by atoms with Gasteiger partial charge in [0, 0.05) is 0 Å². The molecule has 0 bridgehead atoms. The maximum Gasteiger partial charge on any atom is 0.263 e. The second kappa shape index (κ2) is 3.31. The molecule has 0 aromatic carbocycles. The van der Waals surface area contributed by atoms with E-state index in [1.54, 1.807) is 13.0 Å². The predicted molar refractivity (Wildman–Crippen MR) is 49.6 cm³/mol. The topological polar surface area (TPSA) is 59.4 Å². The number of rotatable bonds is 2. The van der Waals surface area contributed by atoms with E-state index in [9.17, 15) is 5.11 Å². The molecule has 0 spiro atoms. The third-order valence-corrected chi connectivity index (χ3v) is 1.90. The minimum atomic E-state index is -0.622. The van der Waals surface area contributed by atoms with Crippen LogP contribution in [0.3, 0.4) is 0 Å². The van der Waals surface area contributed by atoms with Crippen LogP contribution >= 0.6 is 0 Å². The van der Waals surface area contributed by atoms with Crippen LogP contribution in [0.25, 0.3) is 11.7 Å². The van der Waals surface area contributed by atoms with E-state index in [-0.39, 0.29) is 0 Å². The molecule has 0 fully saturated rings. The first-order valence-electron chi connectivity index (χ1n) is 4.37. The van der Waals surface area contributed by atoms with Crippen LogP contribution in [-0.4, -0.2) is 10.1 Å². The van der Waals surface area contributed by atoms with Crippen molar-refractivity contribution < 1.29 is 13.9 Å². The average molecular weight is 193 g/mol. The number of furan rings is 1. The van der Waals surface area contributed by atoms with Gasteiger partial charge in [-0.1, -0.05) is 0 Å². The van der Waals surface area contributed by atoms with E-state index in [4.69, 9.17) is 8.83 Å². The fraction of sp³-hybridized carbons (Fsp3) is 0.300. The van der Waals surface area contributed by atoms with E-state index < -0.39 is 6.10 Å². The lowest BCUT2D eigenvalue weighted by molar-refractivity contribution is 0.194. The smallest absolute Gasteiger partial charge is 0.263 e. The molecule has 0 amide bonds. The third-order valence-electron chi connectivity index (χ3n) is 1.90. The lowest BCUT2D eigenvalue weighted by Gasteiger charge is -1.93. The van der Waals surface area contributed by atoms with Crippen LogP contribution in [0.5, 0.6) is 0 Å². The highest BCUT2D eigenvalue weighted by Gasteiger charge is 2.12. The van der Waals surface area contributed by atoms with Crippen molar-refractivity contribution in [2.24, 2.45) is 0 Å². The van der Waals surface area contributed by atoms with Crippen molar-refractivity contribution in [1.82, 2.24) is 4.98 Å². The molecule has 2 heterocycles. The van der Waals surface area contributed by atoms with Gasteiger partial charge < -0.3 is 13.9 Å². The molecule has 2 rings (SSSR count). The molecule has 1 atom stereocenters. The molecule has 1 N–H and O–H groups in total. The Morgan fingerprint density at radius 3 is 2.71 bits per heavy atom. The highest BCUT2D eigenvalue weighted by Crippen LogP contribution is 2.22. The Balaban J connectivity index is 2.33. The molecule has 4 heteroatoms. The van der Waals surface area contributed by atoms with Crippen LogP contribution in [0.4, 0.5) is 0 Å². The monoisotopic (exact) mass is 193 g/mol. The zero-order valence-electron chi connectivity index (χ0n) is 8.02. The van der Waals surface area contributed by atoms with E-state index in [0.717, 1.165) is 5.76 Å². The number of hydrogen-bond donors (Lipinski definition) is 1. The molecular weight excluding hydrogens is 182 g/mol. The summed E-state index contributed by atoms with van der Waals surface area (Å²) in [6.45, 7) is 3.48. The fourth-order valence-corrected chi connectivity index (χ4v) is 1.14. The number of aliphatic hydroxyl groups is 1. The Hall–Kier alpha value is -1.55. The number of aromatic nitrogens is 1. The van der Waals surface area contributed by atoms with Crippen LogP contribution < -0.4 is 0 Å². The molecule has 74 valence electrons. The fourth-order valence-electron chi connectivity index (χ4n) is 1.14. The second-order valence-electron chi connectivity index (χ2n) is 3.16. The lowest BCUT2D eigenvalue weighted by Crippen LogP contribution is -1.89. The van der Waals surface area contributed by atoms with Crippen LogP contribution in [-0.2, 0) is 0 Å². The van der Waals surface area contributed by atoms with Crippen LogP contribution in [0.1, 0.15) is 24.5 Å². The summed E-state index contributed by atoms with van der Waals surface area (Å²) in [7, 11) is 0. The molecule has 2 aromatic rings. The summed E-state index contributed by atoms with van der Waals surface area (Å²) in [5.41, 5.74) is 0.508. The molecule has 1 unspecified atom stereocenters. The minimum Gasteiger partial charge on any atom is -0.456 e. The number of nitrogens with zero attached hydrogens (tertiary/aromatic N) is 1. The summed E-state index contributed by atoms with van der Waals surface area (Å²) >= 11 is 0. The Bertz CT molecular complexity index is 428. The van der Waals surface area contributed by atoms with Crippen LogP contribution in [0.15, 0.2) is 27.2 Å². The molecule has 0 aliphatic rings. The Labute approximate surface area is 81.2 Å². The van der Waals surface area contributed by atoms with Gasteiger partial charge in [-0.05, 0) is 26.0 Å². The molecule has 2 aromatic heterocycles. The van der Waals surface area contributed by atoms with Gasteiger partial charge in [-0.2, -0.15) is 0 Å².